The van der Waals surface area contributed by atoms with Crippen LogP contribution in [0, 0.1) is 5.92 Å². The third kappa shape index (κ3) is 2.39. The molecule has 0 N–H and O–H groups in total. The van der Waals surface area contributed by atoms with Crippen molar-refractivity contribution < 1.29 is 14.3 Å². The number of hydrogen-bond donors (Lipinski definition) is 0. The van der Waals surface area contributed by atoms with Gasteiger partial charge in [-0.3, -0.25) is 9.78 Å². The summed E-state index contributed by atoms with van der Waals surface area (Å²) >= 11 is 0. The first kappa shape index (κ1) is 11.1. The van der Waals surface area contributed by atoms with E-state index in [-0.39, 0.29) is 11.9 Å². The summed E-state index contributed by atoms with van der Waals surface area (Å²) in [5, 5.41) is 0. The van der Waals surface area contributed by atoms with Gasteiger partial charge in [0.15, 0.2) is 0 Å². The molecule has 4 nitrogen and oxygen atoms in total. The lowest BCUT2D eigenvalue weighted by molar-refractivity contribution is -0.144. The second kappa shape index (κ2) is 5.07. The Labute approximate surface area is 94.6 Å². The Morgan fingerprint density at radius 1 is 1.69 bits per heavy atom. The van der Waals surface area contributed by atoms with Crippen molar-refractivity contribution in [1.29, 1.82) is 0 Å². The van der Waals surface area contributed by atoms with E-state index in [4.69, 9.17) is 9.47 Å². The Balaban J connectivity index is 2.10. The molecule has 1 atom stereocenters. The summed E-state index contributed by atoms with van der Waals surface area (Å²) in [6.45, 7) is 1.49. The van der Waals surface area contributed by atoms with Crippen LogP contribution in [0.25, 0.3) is 0 Å². The van der Waals surface area contributed by atoms with Crippen LogP contribution >= 0.6 is 0 Å². The summed E-state index contributed by atoms with van der Waals surface area (Å²) in [7, 11) is 1.42. The molecule has 0 amide bonds. The molecule has 2 rings (SSSR count). The van der Waals surface area contributed by atoms with Crippen LogP contribution in [0.1, 0.15) is 17.9 Å². The summed E-state index contributed by atoms with van der Waals surface area (Å²) in [6, 6.07) is 3.75. The van der Waals surface area contributed by atoms with E-state index >= 15 is 0 Å². The number of esters is 1. The second-order valence-electron chi connectivity index (χ2n) is 4.00. The van der Waals surface area contributed by atoms with Crippen LogP contribution in [0.5, 0.6) is 0 Å². The largest absolute Gasteiger partial charge is 0.469 e. The van der Waals surface area contributed by atoms with Crippen molar-refractivity contribution in [3.8, 4) is 0 Å². The molecule has 0 aromatic carbocycles. The van der Waals surface area contributed by atoms with Crippen molar-refractivity contribution in [3.63, 3.8) is 0 Å². The molecule has 0 spiro atoms. The van der Waals surface area contributed by atoms with Gasteiger partial charge in [0.05, 0.1) is 26.2 Å². The van der Waals surface area contributed by atoms with Gasteiger partial charge in [0.1, 0.15) is 0 Å². The third-order valence-electron chi connectivity index (χ3n) is 2.85. The van der Waals surface area contributed by atoms with E-state index in [2.05, 4.69) is 4.98 Å². The highest BCUT2D eigenvalue weighted by molar-refractivity contribution is 5.77. The Morgan fingerprint density at radius 2 is 2.50 bits per heavy atom. The molecule has 1 fully saturated rings. The molecule has 0 aliphatic carbocycles. The number of carbonyl (C=O) groups is 1. The monoisotopic (exact) mass is 221 g/mol. The predicted octanol–water partition coefficient (Wildman–Crippen LogP) is 1.37. The van der Waals surface area contributed by atoms with Gasteiger partial charge < -0.3 is 9.47 Å². The summed E-state index contributed by atoms with van der Waals surface area (Å²) < 4.78 is 9.95. The average Bonchev–Trinajstić information content (AvgIpc) is 2.28. The summed E-state index contributed by atoms with van der Waals surface area (Å²) in [5.74, 6) is 0.0526. The van der Waals surface area contributed by atoms with Crippen molar-refractivity contribution in [2.45, 2.75) is 12.3 Å². The van der Waals surface area contributed by atoms with E-state index in [0.717, 1.165) is 25.2 Å². The number of rotatable bonds is 4. The maximum atomic E-state index is 11.7. The van der Waals surface area contributed by atoms with Crippen LogP contribution in [-0.4, -0.2) is 31.3 Å². The zero-order valence-electron chi connectivity index (χ0n) is 9.26. The summed E-state index contributed by atoms with van der Waals surface area (Å²) in [5.41, 5.74) is 0.918. The first-order valence-corrected chi connectivity index (χ1v) is 5.36. The molecule has 16 heavy (non-hydrogen) atoms. The SMILES string of the molecule is COC(=O)C(CC1COC1)c1cccnc1. The van der Waals surface area contributed by atoms with Crippen molar-refractivity contribution in [1.82, 2.24) is 4.98 Å². The van der Waals surface area contributed by atoms with Gasteiger partial charge in [-0.05, 0) is 18.1 Å². The Bertz CT molecular complexity index is 349. The van der Waals surface area contributed by atoms with Crippen molar-refractivity contribution in [2.24, 2.45) is 5.92 Å². The lowest BCUT2D eigenvalue weighted by atomic mass is 9.88. The van der Waals surface area contributed by atoms with Gasteiger partial charge in [0.2, 0.25) is 0 Å². The van der Waals surface area contributed by atoms with Crippen LogP contribution < -0.4 is 0 Å². The quantitative estimate of drug-likeness (QED) is 0.720. The first-order valence-electron chi connectivity index (χ1n) is 5.36. The Hall–Kier alpha value is -1.42. The number of nitrogens with zero attached hydrogens (tertiary/aromatic N) is 1. The molecule has 1 saturated heterocycles. The fraction of sp³-hybridized carbons (Fsp3) is 0.500. The van der Waals surface area contributed by atoms with E-state index in [9.17, 15) is 4.79 Å². The fourth-order valence-corrected chi connectivity index (χ4v) is 1.85. The van der Waals surface area contributed by atoms with E-state index < -0.39 is 0 Å². The Morgan fingerprint density at radius 3 is 3.00 bits per heavy atom. The van der Waals surface area contributed by atoms with Gasteiger partial charge in [0.25, 0.3) is 0 Å². The van der Waals surface area contributed by atoms with Gasteiger partial charge in [-0.2, -0.15) is 0 Å². The maximum Gasteiger partial charge on any atom is 0.313 e. The molecular formula is C12H15NO3. The van der Waals surface area contributed by atoms with Crippen molar-refractivity contribution >= 4 is 5.97 Å². The second-order valence-corrected chi connectivity index (χ2v) is 4.00. The number of carbonyl (C=O) groups excluding carboxylic acids is 1. The minimum atomic E-state index is -0.215. The smallest absolute Gasteiger partial charge is 0.313 e. The molecule has 1 aliphatic heterocycles. The lowest BCUT2D eigenvalue weighted by Crippen LogP contribution is -2.31. The number of aromatic nitrogens is 1. The molecule has 1 unspecified atom stereocenters. The van der Waals surface area contributed by atoms with Crippen LogP contribution in [0.3, 0.4) is 0 Å². The van der Waals surface area contributed by atoms with Gasteiger partial charge in [-0.1, -0.05) is 6.07 Å². The topological polar surface area (TPSA) is 48.4 Å². The highest BCUT2D eigenvalue weighted by Gasteiger charge is 2.29. The standard InChI is InChI=1S/C12H15NO3/c1-15-12(14)11(5-9-7-16-8-9)10-3-2-4-13-6-10/h2-4,6,9,11H,5,7-8H2,1H3. The molecule has 1 aromatic rings. The third-order valence-corrected chi connectivity index (χ3v) is 2.85. The van der Waals surface area contributed by atoms with Crippen molar-refractivity contribution in [3.05, 3.63) is 30.1 Å². The van der Waals surface area contributed by atoms with E-state index in [1.54, 1.807) is 12.4 Å². The molecule has 0 bridgehead atoms. The number of hydrogen-bond acceptors (Lipinski definition) is 4. The number of pyridine rings is 1. The number of ether oxygens (including phenoxy) is 2. The molecule has 4 heteroatoms. The van der Waals surface area contributed by atoms with E-state index in [1.165, 1.54) is 7.11 Å². The normalized spacial score (nSPS) is 17.6. The van der Waals surface area contributed by atoms with Crippen molar-refractivity contribution in [2.75, 3.05) is 20.3 Å². The minimum Gasteiger partial charge on any atom is -0.469 e. The fourth-order valence-electron chi connectivity index (χ4n) is 1.85. The predicted molar refractivity (Wildman–Crippen MR) is 57.9 cm³/mol. The maximum absolute atomic E-state index is 11.7. The molecule has 0 saturated carbocycles. The van der Waals surface area contributed by atoms with Crippen LogP contribution in [0.2, 0.25) is 0 Å². The lowest BCUT2D eigenvalue weighted by Gasteiger charge is -2.28. The van der Waals surface area contributed by atoms with Crippen LogP contribution in [-0.2, 0) is 14.3 Å². The first-order chi connectivity index (χ1) is 7.81. The molecule has 1 aromatic heterocycles. The summed E-state index contributed by atoms with van der Waals surface area (Å²) in [6.07, 6.45) is 4.20. The molecule has 0 radical (unpaired) electrons. The number of methoxy groups -OCH3 is 1. The Kier molecular flexibility index (Phi) is 3.51. The highest BCUT2D eigenvalue weighted by Crippen LogP contribution is 2.28. The summed E-state index contributed by atoms with van der Waals surface area (Å²) in [4.78, 5) is 15.7. The molecular weight excluding hydrogens is 206 g/mol. The van der Waals surface area contributed by atoms with Gasteiger partial charge in [-0.25, -0.2) is 0 Å². The zero-order chi connectivity index (χ0) is 11.4. The van der Waals surface area contributed by atoms with Gasteiger partial charge in [0, 0.05) is 18.3 Å². The molecule has 2 heterocycles. The van der Waals surface area contributed by atoms with E-state index in [1.807, 2.05) is 12.1 Å². The van der Waals surface area contributed by atoms with Crippen LogP contribution in [0.4, 0.5) is 0 Å². The van der Waals surface area contributed by atoms with Gasteiger partial charge >= 0.3 is 5.97 Å². The van der Waals surface area contributed by atoms with Gasteiger partial charge in [-0.15, -0.1) is 0 Å². The van der Waals surface area contributed by atoms with Crippen LogP contribution in [0.15, 0.2) is 24.5 Å². The van der Waals surface area contributed by atoms with E-state index in [0.29, 0.717) is 5.92 Å². The minimum absolute atomic E-state index is 0.195. The molecule has 86 valence electrons. The molecule has 1 aliphatic rings. The highest BCUT2D eigenvalue weighted by atomic mass is 16.5. The zero-order valence-corrected chi connectivity index (χ0v) is 9.26. The average molecular weight is 221 g/mol.